The highest BCUT2D eigenvalue weighted by Crippen LogP contribution is 2.17. The molecule has 0 spiro atoms. The summed E-state index contributed by atoms with van der Waals surface area (Å²) in [7, 11) is 1.79. The predicted octanol–water partition coefficient (Wildman–Crippen LogP) is 0.923. The minimum absolute atomic E-state index is 0.142. The minimum Gasteiger partial charge on any atom is -0.549 e. The van der Waals surface area contributed by atoms with Gasteiger partial charge in [0.15, 0.2) is 11.0 Å². The zero-order chi connectivity index (χ0) is 14.5. The van der Waals surface area contributed by atoms with E-state index in [0.717, 1.165) is 17.4 Å². The third-order valence-electron chi connectivity index (χ3n) is 2.54. The van der Waals surface area contributed by atoms with Crippen molar-refractivity contribution in [2.45, 2.75) is 11.7 Å². The Kier molecular flexibility index (Phi) is 4.86. The van der Waals surface area contributed by atoms with Crippen LogP contribution in [0.25, 0.3) is 0 Å². The first-order valence-corrected chi connectivity index (χ1v) is 7.13. The summed E-state index contributed by atoms with van der Waals surface area (Å²) in [5, 5.41) is 22.8. The van der Waals surface area contributed by atoms with E-state index in [1.165, 1.54) is 0 Å². The van der Waals surface area contributed by atoms with Crippen LogP contribution in [0, 0.1) is 0 Å². The number of rotatable bonds is 6. The molecule has 0 unspecified atom stereocenters. The molecule has 0 aliphatic rings. The number of carboxylic acids is 1. The van der Waals surface area contributed by atoms with Crippen molar-refractivity contribution in [1.29, 1.82) is 0 Å². The van der Waals surface area contributed by atoms with Gasteiger partial charge in [-0.3, -0.25) is 0 Å². The summed E-state index contributed by atoms with van der Waals surface area (Å²) in [6.07, 6.45) is 0. The highest BCUT2D eigenvalue weighted by molar-refractivity contribution is 7.99. The van der Waals surface area contributed by atoms with Gasteiger partial charge >= 0.3 is 0 Å². The van der Waals surface area contributed by atoms with Crippen molar-refractivity contribution in [2.24, 2.45) is 7.05 Å². The largest absolute Gasteiger partial charge is 0.549 e. The van der Waals surface area contributed by atoms with E-state index in [2.05, 4.69) is 15.5 Å². The van der Waals surface area contributed by atoms with Gasteiger partial charge in [0.25, 0.3) is 0 Å². The molecule has 6 nitrogen and oxygen atoms in total. The van der Waals surface area contributed by atoms with E-state index in [0.29, 0.717) is 22.5 Å². The Labute approximate surface area is 125 Å². The monoisotopic (exact) mass is 311 g/mol. The van der Waals surface area contributed by atoms with Crippen LogP contribution in [-0.2, 0) is 18.4 Å². The Morgan fingerprint density at radius 1 is 1.40 bits per heavy atom. The first-order valence-electron chi connectivity index (χ1n) is 5.76. The number of halogens is 1. The lowest BCUT2D eigenvalue weighted by molar-refractivity contribution is -0.301. The molecule has 0 amide bonds. The molecule has 106 valence electrons. The lowest BCUT2D eigenvalue weighted by Crippen LogP contribution is -2.24. The Morgan fingerprint density at radius 3 is 2.75 bits per heavy atom. The molecule has 1 heterocycles. The van der Waals surface area contributed by atoms with Crippen molar-refractivity contribution >= 4 is 35.0 Å². The summed E-state index contributed by atoms with van der Waals surface area (Å²) >= 11 is 6.89. The predicted molar refractivity (Wildman–Crippen MR) is 75.5 cm³/mol. The number of nitrogens with one attached hydrogen (secondary N) is 1. The first kappa shape index (κ1) is 14.7. The van der Waals surface area contributed by atoms with Gasteiger partial charge < -0.3 is 19.8 Å². The zero-order valence-electron chi connectivity index (χ0n) is 10.7. The van der Waals surface area contributed by atoms with Crippen LogP contribution < -0.4 is 10.4 Å². The van der Waals surface area contributed by atoms with Crippen LogP contribution in [0.1, 0.15) is 5.82 Å². The number of carboxylic acid groups (broad SMARTS) is 1. The molecular weight excluding hydrogens is 300 g/mol. The van der Waals surface area contributed by atoms with E-state index in [9.17, 15) is 9.90 Å². The molecule has 2 aromatic rings. The molecule has 0 fully saturated rings. The van der Waals surface area contributed by atoms with Crippen molar-refractivity contribution < 1.29 is 9.90 Å². The number of hydrogen-bond donors (Lipinski definition) is 1. The van der Waals surface area contributed by atoms with Crippen molar-refractivity contribution in [2.75, 3.05) is 11.1 Å². The topological polar surface area (TPSA) is 82.9 Å². The van der Waals surface area contributed by atoms with Gasteiger partial charge in [-0.25, -0.2) is 0 Å². The highest BCUT2D eigenvalue weighted by atomic mass is 35.5. The molecular formula is C12H12ClN4O2S-. The molecule has 1 N–H and O–H groups in total. The molecule has 1 aromatic carbocycles. The second-order valence-electron chi connectivity index (χ2n) is 3.98. The van der Waals surface area contributed by atoms with Crippen LogP contribution in [0.4, 0.5) is 5.69 Å². The number of thioether (sulfide) groups is 1. The highest BCUT2D eigenvalue weighted by Gasteiger charge is 2.08. The van der Waals surface area contributed by atoms with Gasteiger partial charge in [-0.1, -0.05) is 23.4 Å². The maximum absolute atomic E-state index is 10.4. The van der Waals surface area contributed by atoms with Crippen LogP contribution in [0.5, 0.6) is 0 Å². The molecule has 8 heteroatoms. The third-order valence-corrected chi connectivity index (χ3v) is 3.78. The summed E-state index contributed by atoms with van der Waals surface area (Å²) in [5.74, 6) is -0.559. The van der Waals surface area contributed by atoms with Crippen LogP contribution in [0.3, 0.4) is 0 Å². The molecule has 0 aliphatic heterocycles. The average Bonchev–Trinajstić information content (AvgIpc) is 2.77. The first-order chi connectivity index (χ1) is 9.56. The lowest BCUT2D eigenvalue weighted by atomic mass is 10.3. The number of anilines is 1. The molecule has 0 bridgehead atoms. The van der Waals surface area contributed by atoms with Crippen LogP contribution in [0.15, 0.2) is 29.4 Å². The SMILES string of the molecule is Cn1c(CNc2ccc(Cl)cc2)nnc1SCC(=O)[O-]. The Bertz CT molecular complexity index is 600. The van der Waals surface area contributed by atoms with Gasteiger partial charge in [-0.15, -0.1) is 10.2 Å². The molecule has 0 atom stereocenters. The lowest BCUT2D eigenvalue weighted by Gasteiger charge is -2.07. The number of hydrogen-bond acceptors (Lipinski definition) is 6. The van der Waals surface area contributed by atoms with Gasteiger partial charge in [0.1, 0.15) is 0 Å². The molecule has 2 rings (SSSR count). The smallest absolute Gasteiger partial charge is 0.191 e. The number of benzene rings is 1. The number of aliphatic carboxylic acids is 1. The summed E-state index contributed by atoms with van der Waals surface area (Å²) < 4.78 is 1.75. The Morgan fingerprint density at radius 2 is 2.10 bits per heavy atom. The fourth-order valence-corrected chi connectivity index (χ4v) is 2.27. The second-order valence-corrected chi connectivity index (χ2v) is 5.36. The summed E-state index contributed by atoms with van der Waals surface area (Å²) in [5.41, 5.74) is 0.918. The number of aromatic nitrogens is 3. The summed E-state index contributed by atoms with van der Waals surface area (Å²) in [6, 6.07) is 7.32. The van der Waals surface area contributed by atoms with Crippen LogP contribution >= 0.6 is 23.4 Å². The summed E-state index contributed by atoms with van der Waals surface area (Å²) in [6.45, 7) is 0.483. The van der Waals surface area contributed by atoms with E-state index < -0.39 is 5.97 Å². The number of carbonyl (C=O) groups excluding carboxylic acids is 1. The number of carbonyl (C=O) groups is 1. The third kappa shape index (κ3) is 3.88. The standard InChI is InChI=1S/C12H13ClN4O2S/c1-17-10(15-16-12(17)20-7-11(18)19)6-14-9-4-2-8(13)3-5-9/h2-5,14H,6-7H2,1H3,(H,18,19)/p-1. The number of nitrogens with zero attached hydrogens (tertiary/aromatic N) is 3. The zero-order valence-corrected chi connectivity index (χ0v) is 12.2. The molecule has 1 aromatic heterocycles. The van der Waals surface area contributed by atoms with E-state index >= 15 is 0 Å². The average molecular weight is 312 g/mol. The van der Waals surface area contributed by atoms with E-state index in [1.807, 2.05) is 12.1 Å². The van der Waals surface area contributed by atoms with Crippen LogP contribution in [-0.4, -0.2) is 26.5 Å². The maximum Gasteiger partial charge on any atom is 0.191 e. The van der Waals surface area contributed by atoms with Crippen molar-refractivity contribution in [3.8, 4) is 0 Å². The van der Waals surface area contributed by atoms with Crippen molar-refractivity contribution in [3.05, 3.63) is 35.1 Å². The van der Waals surface area contributed by atoms with Gasteiger partial charge in [-0.05, 0) is 24.3 Å². The van der Waals surface area contributed by atoms with E-state index in [1.54, 1.807) is 23.7 Å². The second kappa shape index (κ2) is 6.62. The molecule has 0 saturated heterocycles. The van der Waals surface area contributed by atoms with Crippen LogP contribution in [0.2, 0.25) is 5.02 Å². The van der Waals surface area contributed by atoms with E-state index in [-0.39, 0.29) is 5.75 Å². The summed E-state index contributed by atoms with van der Waals surface area (Å²) in [4.78, 5) is 10.4. The Hall–Kier alpha value is -1.73. The Balaban J connectivity index is 1.96. The van der Waals surface area contributed by atoms with Gasteiger partial charge in [0, 0.05) is 23.5 Å². The molecule has 0 radical (unpaired) electrons. The minimum atomic E-state index is -1.13. The van der Waals surface area contributed by atoms with Gasteiger partial charge in [0.2, 0.25) is 0 Å². The van der Waals surface area contributed by atoms with E-state index in [4.69, 9.17) is 11.6 Å². The van der Waals surface area contributed by atoms with Gasteiger partial charge in [0.05, 0.1) is 12.5 Å². The van der Waals surface area contributed by atoms with Crippen molar-refractivity contribution in [1.82, 2.24) is 14.8 Å². The fraction of sp³-hybridized carbons (Fsp3) is 0.250. The normalized spacial score (nSPS) is 10.5. The molecule has 20 heavy (non-hydrogen) atoms. The quantitative estimate of drug-likeness (QED) is 0.799. The maximum atomic E-state index is 10.4. The fourth-order valence-electron chi connectivity index (χ4n) is 1.50. The molecule has 0 aliphatic carbocycles. The van der Waals surface area contributed by atoms with Crippen molar-refractivity contribution in [3.63, 3.8) is 0 Å². The van der Waals surface area contributed by atoms with Gasteiger partial charge in [-0.2, -0.15) is 0 Å². The molecule has 0 saturated carbocycles.